The summed E-state index contributed by atoms with van der Waals surface area (Å²) >= 11 is 2.07. The molecule has 4 aliphatic rings. The Labute approximate surface area is 237 Å². The number of rotatable bonds is 10. The molecule has 2 N–H and O–H groups in total. The molecular weight excluding hydrogens is 520 g/mol. The van der Waals surface area contributed by atoms with Crippen molar-refractivity contribution in [1.82, 2.24) is 0 Å². The van der Waals surface area contributed by atoms with Crippen molar-refractivity contribution in [3.63, 3.8) is 0 Å². The maximum Gasteiger partial charge on any atom is 0.310 e. The fourth-order valence-corrected chi connectivity index (χ4v) is 8.81. The molecule has 6 unspecified atom stereocenters. The molecule has 0 aliphatic heterocycles. The van der Waals surface area contributed by atoms with Crippen molar-refractivity contribution >= 4 is 29.7 Å². The Morgan fingerprint density at radius 2 is 1.21 bits per heavy atom. The molecule has 0 amide bonds. The molecule has 0 aromatic rings. The van der Waals surface area contributed by atoms with Gasteiger partial charge in [0.25, 0.3) is 0 Å². The topological polar surface area (TPSA) is 119 Å². The number of aliphatic carboxylic acids is 2. The van der Waals surface area contributed by atoms with Crippen molar-refractivity contribution in [2.75, 3.05) is 6.61 Å². The summed E-state index contributed by atoms with van der Waals surface area (Å²) in [6, 6.07) is 0. The van der Waals surface area contributed by atoms with E-state index in [1.807, 2.05) is 0 Å². The van der Waals surface area contributed by atoms with Gasteiger partial charge in [-0.3, -0.25) is 14.4 Å². The van der Waals surface area contributed by atoms with Gasteiger partial charge in [0.05, 0.1) is 30.5 Å². The summed E-state index contributed by atoms with van der Waals surface area (Å²) in [7, 11) is 0. The van der Waals surface area contributed by atoms with Crippen molar-refractivity contribution in [2.45, 2.75) is 126 Å². The van der Waals surface area contributed by atoms with Crippen LogP contribution in [0.3, 0.4) is 0 Å². The monoisotopic (exact) mass is 568 g/mol. The second-order valence-corrected chi connectivity index (χ2v) is 14.4. The molecule has 6 atom stereocenters. The lowest BCUT2D eigenvalue weighted by Crippen LogP contribution is -2.38. The Bertz CT molecular complexity index is 820. The Morgan fingerprint density at radius 3 is 1.79 bits per heavy atom. The van der Waals surface area contributed by atoms with Crippen LogP contribution in [0.15, 0.2) is 0 Å². The molecule has 4 fully saturated rings. The van der Waals surface area contributed by atoms with Gasteiger partial charge in [-0.15, -0.1) is 0 Å². The van der Waals surface area contributed by atoms with Gasteiger partial charge in [0, 0.05) is 10.5 Å². The molecule has 8 nitrogen and oxygen atoms in total. The summed E-state index contributed by atoms with van der Waals surface area (Å²) in [6.45, 7) is 4.54. The number of hydrogen-bond donors (Lipinski definition) is 2. The number of ether oxygens (including phenoxy) is 1. The summed E-state index contributed by atoms with van der Waals surface area (Å²) in [5, 5.41) is 20.3. The van der Waals surface area contributed by atoms with Crippen LogP contribution in [0.2, 0.25) is 0 Å². The quantitative estimate of drug-likeness (QED) is 0.183. The fourth-order valence-electron chi connectivity index (χ4n) is 7.18. The molecule has 0 aromatic heterocycles. The lowest BCUT2D eigenvalue weighted by molar-refractivity contribution is -0.336. The van der Waals surface area contributed by atoms with Gasteiger partial charge in [-0.05, 0) is 101 Å². The van der Waals surface area contributed by atoms with Crippen molar-refractivity contribution in [3.05, 3.63) is 0 Å². The van der Waals surface area contributed by atoms with Crippen molar-refractivity contribution in [3.8, 4) is 0 Å². The van der Waals surface area contributed by atoms with Crippen LogP contribution in [-0.4, -0.2) is 57.4 Å². The molecule has 0 bridgehead atoms. The van der Waals surface area contributed by atoms with Crippen LogP contribution in [0, 0.1) is 35.5 Å². The van der Waals surface area contributed by atoms with Gasteiger partial charge in [0.1, 0.15) is 6.10 Å². The predicted octanol–water partition coefficient (Wildman–Crippen LogP) is 6.11. The Morgan fingerprint density at radius 1 is 0.667 bits per heavy atom. The third-order valence-electron chi connectivity index (χ3n) is 9.70. The van der Waals surface area contributed by atoms with Gasteiger partial charge in [-0.2, -0.15) is 11.8 Å². The van der Waals surface area contributed by atoms with Gasteiger partial charge in [0.15, 0.2) is 0 Å². The van der Waals surface area contributed by atoms with Crippen LogP contribution in [0.1, 0.15) is 104 Å². The molecule has 4 aliphatic carbocycles. The van der Waals surface area contributed by atoms with Crippen molar-refractivity contribution in [2.24, 2.45) is 35.5 Å². The van der Waals surface area contributed by atoms with E-state index in [1.54, 1.807) is 0 Å². The number of carboxylic acid groups (broad SMARTS) is 2. The third-order valence-corrected chi connectivity index (χ3v) is 11.4. The minimum absolute atomic E-state index is 0.0324. The molecule has 0 saturated heterocycles. The largest absolute Gasteiger partial charge is 0.481 e. The number of carboxylic acids is 2. The Balaban J connectivity index is 1.10. The van der Waals surface area contributed by atoms with E-state index in [2.05, 4.69) is 25.6 Å². The van der Waals surface area contributed by atoms with Gasteiger partial charge in [-0.1, -0.05) is 20.3 Å². The lowest BCUT2D eigenvalue weighted by Gasteiger charge is -2.35. The zero-order valence-electron chi connectivity index (χ0n) is 23.6. The highest BCUT2D eigenvalue weighted by molar-refractivity contribution is 8.00. The van der Waals surface area contributed by atoms with Crippen LogP contribution in [0.25, 0.3) is 0 Å². The summed E-state index contributed by atoms with van der Waals surface area (Å²) in [5.74, 6) is -2.51. The van der Waals surface area contributed by atoms with Gasteiger partial charge in [-0.25, -0.2) is 9.78 Å². The second-order valence-electron chi connectivity index (χ2n) is 12.8. The number of hydrogen-bond acceptors (Lipinski definition) is 7. The molecule has 0 heterocycles. The predicted molar refractivity (Wildman–Crippen MR) is 148 cm³/mol. The normalized spacial score (nSPS) is 39.5. The Hall–Kier alpha value is -1.32. The minimum Gasteiger partial charge on any atom is -0.481 e. The van der Waals surface area contributed by atoms with Gasteiger partial charge in [0.2, 0.25) is 0 Å². The lowest BCUT2D eigenvalue weighted by atomic mass is 9.74. The molecule has 9 heteroatoms. The van der Waals surface area contributed by atoms with E-state index in [9.17, 15) is 24.6 Å². The van der Waals surface area contributed by atoms with Crippen LogP contribution in [0.5, 0.6) is 0 Å². The van der Waals surface area contributed by atoms with Crippen LogP contribution >= 0.6 is 11.8 Å². The summed E-state index contributed by atoms with van der Waals surface area (Å²) in [4.78, 5) is 47.4. The smallest absolute Gasteiger partial charge is 0.310 e. The molecule has 4 rings (SSSR count). The molecule has 39 heavy (non-hydrogen) atoms. The summed E-state index contributed by atoms with van der Waals surface area (Å²) < 4.78 is 5.83. The van der Waals surface area contributed by atoms with E-state index in [-0.39, 0.29) is 30.0 Å². The minimum atomic E-state index is -0.874. The first-order valence-corrected chi connectivity index (χ1v) is 16.2. The fraction of sp³-hybridized carbons (Fsp3) is 0.900. The molecular formula is C30H48O8S. The van der Waals surface area contributed by atoms with E-state index < -0.39 is 23.8 Å². The summed E-state index contributed by atoms with van der Waals surface area (Å²) in [6.07, 6.45) is 12.6. The number of thioether (sulfide) groups is 1. The standard InChI is InChI=1S/C30H48O8S/c1-18-3-5-20(26(15-18)28(31)32)17-36-38-22-8-12-24(13-9-22)39-23-10-6-21(7-11-23)37-30(35)25-14-4-19(2)16-27(25)29(33)34/h18-27H,3-17H2,1-2H3,(H,31,32)(H,33,34). The molecule has 0 spiro atoms. The van der Waals surface area contributed by atoms with Crippen molar-refractivity contribution < 1.29 is 39.1 Å². The first-order chi connectivity index (χ1) is 18.7. The van der Waals surface area contributed by atoms with Crippen LogP contribution in [-0.2, 0) is 28.9 Å². The maximum atomic E-state index is 12.8. The first-order valence-electron chi connectivity index (χ1n) is 15.3. The van der Waals surface area contributed by atoms with E-state index in [0.29, 0.717) is 41.8 Å². The highest BCUT2D eigenvalue weighted by Gasteiger charge is 2.40. The SMILES string of the molecule is CC1CCC(COOC2CCC(SC3CCC(OC(=O)C4CCC(C)CC4C(=O)O)CC3)CC2)C(C(=O)O)C1. The van der Waals surface area contributed by atoms with E-state index in [1.165, 1.54) is 0 Å². The molecule has 0 aromatic carbocycles. The van der Waals surface area contributed by atoms with Crippen molar-refractivity contribution in [1.29, 1.82) is 0 Å². The van der Waals surface area contributed by atoms with Gasteiger partial charge >= 0.3 is 17.9 Å². The highest BCUT2D eigenvalue weighted by Crippen LogP contribution is 2.40. The first kappa shape index (κ1) is 30.6. The molecule has 4 saturated carbocycles. The second kappa shape index (κ2) is 14.5. The zero-order valence-corrected chi connectivity index (χ0v) is 24.4. The molecule has 222 valence electrons. The Kier molecular flexibility index (Phi) is 11.4. The van der Waals surface area contributed by atoms with E-state index >= 15 is 0 Å². The number of esters is 1. The third kappa shape index (κ3) is 8.83. The number of carbonyl (C=O) groups excluding carboxylic acids is 1. The van der Waals surface area contributed by atoms with E-state index in [0.717, 1.165) is 77.0 Å². The van der Waals surface area contributed by atoms with E-state index in [4.69, 9.17) is 14.5 Å². The van der Waals surface area contributed by atoms with Crippen LogP contribution < -0.4 is 0 Å². The average molecular weight is 569 g/mol. The summed E-state index contributed by atoms with van der Waals surface area (Å²) in [5.41, 5.74) is 0. The molecule has 0 radical (unpaired) electrons. The average Bonchev–Trinajstić information content (AvgIpc) is 2.91. The number of carbonyl (C=O) groups is 3. The maximum absolute atomic E-state index is 12.8. The van der Waals surface area contributed by atoms with Crippen LogP contribution in [0.4, 0.5) is 0 Å². The zero-order chi connectivity index (χ0) is 27.9. The highest BCUT2D eigenvalue weighted by atomic mass is 32.2. The van der Waals surface area contributed by atoms with Gasteiger partial charge < -0.3 is 14.9 Å².